The van der Waals surface area contributed by atoms with Crippen molar-refractivity contribution in [1.29, 1.82) is 5.26 Å². The first-order valence-corrected chi connectivity index (χ1v) is 11.1. The van der Waals surface area contributed by atoms with Gasteiger partial charge in [0.1, 0.15) is 18.4 Å². The summed E-state index contributed by atoms with van der Waals surface area (Å²) in [6, 6.07) is 6.18. The van der Waals surface area contributed by atoms with Crippen molar-refractivity contribution in [2.75, 3.05) is 0 Å². The highest BCUT2D eigenvalue weighted by Gasteiger charge is 2.23. The number of fused-ring (bicyclic) bond motifs is 1. The van der Waals surface area contributed by atoms with Crippen LogP contribution < -0.4 is 16.6 Å². The Balaban J connectivity index is 1.63. The summed E-state index contributed by atoms with van der Waals surface area (Å²) in [5.41, 5.74) is 0.401. The highest BCUT2D eigenvalue weighted by molar-refractivity contribution is 6.42. The molecule has 10 nitrogen and oxygen atoms in total. The van der Waals surface area contributed by atoms with Gasteiger partial charge in [0, 0.05) is 7.05 Å². The number of imidazole rings is 1. The summed E-state index contributed by atoms with van der Waals surface area (Å²) in [6.07, 6.45) is 4.47. The maximum atomic E-state index is 13.0. The number of nitrogens with zero attached hydrogens (tertiary/aromatic N) is 6. The van der Waals surface area contributed by atoms with E-state index in [1.807, 2.05) is 6.07 Å². The first kappa shape index (κ1) is 23.5. The Morgan fingerprint density at radius 3 is 2.76 bits per heavy atom. The molecule has 1 aliphatic rings. The van der Waals surface area contributed by atoms with Crippen LogP contribution in [0.5, 0.6) is 0 Å². The van der Waals surface area contributed by atoms with Crippen molar-refractivity contribution in [3.05, 3.63) is 72.9 Å². The molecule has 1 aliphatic heterocycles. The zero-order valence-electron chi connectivity index (χ0n) is 18.2. The molecule has 1 aromatic carbocycles. The van der Waals surface area contributed by atoms with Crippen molar-refractivity contribution in [3.8, 4) is 6.07 Å². The van der Waals surface area contributed by atoms with Crippen molar-refractivity contribution in [2.45, 2.75) is 32.4 Å². The zero-order valence-corrected chi connectivity index (χ0v) is 19.8. The minimum atomic E-state index is -0.850. The smallest absolute Gasteiger partial charge is 0.312 e. The summed E-state index contributed by atoms with van der Waals surface area (Å²) in [5.74, 6) is -0.0485. The van der Waals surface area contributed by atoms with Crippen LogP contribution in [0.2, 0.25) is 10.0 Å². The number of benzene rings is 1. The number of nitriles is 1. The molecule has 0 saturated heterocycles. The van der Waals surface area contributed by atoms with E-state index < -0.39 is 29.7 Å². The molecule has 1 atom stereocenters. The van der Waals surface area contributed by atoms with Gasteiger partial charge in [0.25, 0.3) is 5.56 Å². The average Bonchev–Trinajstić information content (AvgIpc) is 3.27. The molecule has 3 heterocycles. The Labute approximate surface area is 203 Å². The van der Waals surface area contributed by atoms with Gasteiger partial charge < -0.3 is 9.88 Å². The molecule has 0 fully saturated rings. The zero-order chi connectivity index (χ0) is 24.6. The van der Waals surface area contributed by atoms with Gasteiger partial charge in [-0.15, -0.1) is 0 Å². The summed E-state index contributed by atoms with van der Waals surface area (Å²) in [7, 11) is 1.45. The monoisotopic (exact) mass is 499 g/mol. The standard InChI is InChI=1S/C22H19Cl2N7O3/c1-12(31-11-26-19-18(31)21(33)30(9-8-25)22(34)29(19)2)20(32)28-17-5-3-4-16(27-17)13-6-7-14(23)15(24)10-13/h5-7,10-12H,3-4,9H2,1-2H3,(H,28,32)/t12-/m0/s1. The lowest BCUT2D eigenvalue weighted by Crippen LogP contribution is -2.40. The largest absolute Gasteiger partial charge is 0.333 e. The molecule has 0 bridgehead atoms. The van der Waals surface area contributed by atoms with Crippen LogP contribution in [-0.4, -0.2) is 30.3 Å². The summed E-state index contributed by atoms with van der Waals surface area (Å²) in [4.78, 5) is 47.0. The third kappa shape index (κ3) is 4.16. The number of rotatable bonds is 5. The maximum absolute atomic E-state index is 13.0. The van der Waals surface area contributed by atoms with E-state index in [-0.39, 0.29) is 11.2 Å². The van der Waals surface area contributed by atoms with E-state index in [0.717, 1.165) is 15.8 Å². The van der Waals surface area contributed by atoms with Crippen molar-refractivity contribution in [1.82, 2.24) is 24.0 Å². The van der Waals surface area contributed by atoms with E-state index in [0.29, 0.717) is 28.7 Å². The van der Waals surface area contributed by atoms with Gasteiger partial charge in [0.05, 0.1) is 28.2 Å². The van der Waals surface area contributed by atoms with Crippen molar-refractivity contribution in [2.24, 2.45) is 12.0 Å². The molecule has 174 valence electrons. The average molecular weight is 500 g/mol. The van der Waals surface area contributed by atoms with Gasteiger partial charge in [-0.05, 0) is 43.5 Å². The summed E-state index contributed by atoms with van der Waals surface area (Å²) >= 11 is 12.1. The van der Waals surface area contributed by atoms with Crippen molar-refractivity contribution >= 4 is 46.0 Å². The molecule has 1 N–H and O–H groups in total. The van der Waals surface area contributed by atoms with Gasteiger partial charge in [0.15, 0.2) is 11.2 Å². The van der Waals surface area contributed by atoms with E-state index in [1.54, 1.807) is 31.2 Å². The first-order valence-electron chi connectivity index (χ1n) is 10.3. The van der Waals surface area contributed by atoms with Gasteiger partial charge >= 0.3 is 5.69 Å². The summed E-state index contributed by atoms with van der Waals surface area (Å²) < 4.78 is 3.36. The number of aliphatic imine (C=N–C) groups is 1. The molecule has 1 amide bonds. The SMILES string of the molecule is C[C@@H](C(=O)NC1=CCCC(c2ccc(Cl)c(Cl)c2)=N1)n1cnc2c1c(=O)n(CC#N)c(=O)n2C. The van der Waals surface area contributed by atoms with Gasteiger partial charge in [-0.3, -0.25) is 14.2 Å². The van der Waals surface area contributed by atoms with Crippen LogP contribution in [0.1, 0.15) is 31.4 Å². The molecular formula is C22H19Cl2N7O3. The van der Waals surface area contributed by atoms with E-state index >= 15 is 0 Å². The number of aromatic nitrogens is 4. The second kappa shape index (κ2) is 9.29. The molecule has 2 aromatic heterocycles. The fourth-order valence-electron chi connectivity index (χ4n) is 3.71. The Bertz CT molecular complexity index is 1540. The Kier molecular flexibility index (Phi) is 6.41. The highest BCUT2D eigenvalue weighted by atomic mass is 35.5. The second-order valence-corrected chi connectivity index (χ2v) is 8.51. The Morgan fingerprint density at radius 2 is 2.06 bits per heavy atom. The third-order valence-electron chi connectivity index (χ3n) is 5.56. The Hall–Kier alpha value is -3.68. The Morgan fingerprint density at radius 1 is 1.29 bits per heavy atom. The number of carbonyl (C=O) groups excluding carboxylic acids is 1. The topological polar surface area (TPSA) is 127 Å². The van der Waals surface area contributed by atoms with E-state index in [1.165, 1.54) is 22.5 Å². The van der Waals surface area contributed by atoms with Crippen LogP contribution in [0.4, 0.5) is 0 Å². The number of aryl methyl sites for hydroxylation is 1. The van der Waals surface area contributed by atoms with Crippen LogP contribution in [0.3, 0.4) is 0 Å². The lowest BCUT2D eigenvalue weighted by Gasteiger charge is -2.18. The van der Waals surface area contributed by atoms with Crippen molar-refractivity contribution in [3.63, 3.8) is 0 Å². The molecule has 0 unspecified atom stereocenters. The molecule has 0 radical (unpaired) electrons. The fraction of sp³-hybridized carbons (Fsp3) is 0.273. The minimum absolute atomic E-state index is 0.0534. The molecule has 3 aromatic rings. The molecule has 0 spiro atoms. The van der Waals surface area contributed by atoms with Crippen LogP contribution in [0.25, 0.3) is 11.2 Å². The summed E-state index contributed by atoms with van der Waals surface area (Å²) in [5, 5.41) is 12.6. The molecule has 0 saturated carbocycles. The number of halogens is 2. The highest BCUT2D eigenvalue weighted by Crippen LogP contribution is 2.25. The normalized spacial score (nSPS) is 14.3. The van der Waals surface area contributed by atoms with Crippen LogP contribution in [0.15, 0.2) is 51.0 Å². The predicted molar refractivity (Wildman–Crippen MR) is 128 cm³/mol. The molecule has 34 heavy (non-hydrogen) atoms. The molecule has 4 rings (SSSR count). The number of carbonyl (C=O) groups is 1. The molecule has 0 aliphatic carbocycles. The van der Waals surface area contributed by atoms with Crippen LogP contribution in [-0.2, 0) is 18.4 Å². The van der Waals surface area contributed by atoms with Crippen molar-refractivity contribution < 1.29 is 4.79 Å². The predicted octanol–water partition coefficient (Wildman–Crippen LogP) is 2.53. The second-order valence-electron chi connectivity index (χ2n) is 7.70. The third-order valence-corrected chi connectivity index (χ3v) is 6.30. The van der Waals surface area contributed by atoms with Gasteiger partial charge in [-0.25, -0.2) is 19.3 Å². The maximum Gasteiger partial charge on any atom is 0.333 e. The van der Waals surface area contributed by atoms with Gasteiger partial charge in [0.2, 0.25) is 5.91 Å². The van der Waals surface area contributed by atoms with Crippen LogP contribution >= 0.6 is 23.2 Å². The lowest BCUT2D eigenvalue weighted by atomic mass is 10.0. The van der Waals surface area contributed by atoms with E-state index in [9.17, 15) is 14.4 Å². The quantitative estimate of drug-likeness (QED) is 0.576. The van der Waals surface area contributed by atoms with Gasteiger partial charge in [-0.2, -0.15) is 5.26 Å². The molecular weight excluding hydrogens is 481 g/mol. The molecule has 12 heteroatoms. The van der Waals surface area contributed by atoms with E-state index in [2.05, 4.69) is 15.3 Å². The fourth-order valence-corrected chi connectivity index (χ4v) is 4.00. The number of hydrogen-bond acceptors (Lipinski definition) is 6. The first-order chi connectivity index (χ1) is 16.2. The lowest BCUT2D eigenvalue weighted by molar-refractivity contribution is -0.123. The van der Waals surface area contributed by atoms with Gasteiger partial charge in [-0.1, -0.05) is 29.3 Å². The summed E-state index contributed by atoms with van der Waals surface area (Å²) in [6.45, 7) is 1.19. The number of hydrogen-bond donors (Lipinski definition) is 1. The van der Waals surface area contributed by atoms with E-state index in [4.69, 9.17) is 28.5 Å². The number of allylic oxidation sites excluding steroid dienone is 1. The number of amides is 1. The number of nitrogens with one attached hydrogen (secondary N) is 1. The minimum Gasteiger partial charge on any atom is -0.312 e. The van der Waals surface area contributed by atoms with Crippen LogP contribution in [0, 0.1) is 11.3 Å².